The molecule has 2 atom stereocenters. The summed E-state index contributed by atoms with van der Waals surface area (Å²) in [7, 11) is 0. The van der Waals surface area contributed by atoms with Crippen molar-refractivity contribution >= 4 is 87.5 Å². The molecule has 3 N–H and O–H groups in total. The van der Waals surface area contributed by atoms with Crippen LogP contribution in [0.1, 0.15) is 74.5 Å². The van der Waals surface area contributed by atoms with Crippen LogP contribution < -0.4 is 15.5 Å². The first-order valence-corrected chi connectivity index (χ1v) is 16.3. The predicted molar refractivity (Wildman–Crippen MR) is 187 cm³/mol. The van der Waals surface area contributed by atoms with Gasteiger partial charge < -0.3 is 20.5 Å². The van der Waals surface area contributed by atoms with E-state index in [9.17, 15) is 29.5 Å². The van der Waals surface area contributed by atoms with E-state index in [2.05, 4.69) is 10.6 Å². The third-order valence-corrected chi connectivity index (χ3v) is 8.94. The Morgan fingerprint density at radius 2 is 1.62 bits per heavy atom. The molecule has 50 heavy (non-hydrogen) atoms. The quantitative estimate of drug-likeness (QED) is 0.211. The molecule has 10 nitrogen and oxygen atoms in total. The van der Waals surface area contributed by atoms with Crippen LogP contribution in [0.3, 0.4) is 0 Å². The molecule has 1 fully saturated rings. The largest absolute Gasteiger partial charge is 0.464 e. The van der Waals surface area contributed by atoms with Crippen LogP contribution >= 0.6 is 46.4 Å². The maximum atomic E-state index is 16.3. The van der Waals surface area contributed by atoms with Crippen LogP contribution in [-0.4, -0.2) is 39.0 Å². The van der Waals surface area contributed by atoms with Gasteiger partial charge in [-0.25, -0.2) is 18.4 Å². The highest BCUT2D eigenvalue weighted by Gasteiger charge is 2.67. The average Bonchev–Trinajstić information content (AvgIpc) is 3.56. The summed E-state index contributed by atoms with van der Waals surface area (Å²) >= 11 is 25.4. The summed E-state index contributed by atoms with van der Waals surface area (Å²) in [4.78, 5) is 51.6. The fraction of sp³-hybridized carbons (Fsp3) is 0.324. The molecule has 0 aliphatic heterocycles. The Labute approximate surface area is 306 Å². The normalized spacial score (nSPS) is 16.5. The number of nitrogens with zero attached hydrogens (tertiary/aromatic N) is 2. The van der Waals surface area contributed by atoms with Crippen LogP contribution in [0, 0.1) is 28.9 Å². The van der Waals surface area contributed by atoms with Crippen molar-refractivity contribution in [2.24, 2.45) is 5.92 Å². The van der Waals surface area contributed by atoms with Gasteiger partial charge in [-0.2, -0.15) is 10.2 Å². The number of anilines is 3. The molecule has 4 amide bonds. The van der Waals surface area contributed by atoms with Gasteiger partial charge in [0.1, 0.15) is 15.6 Å². The summed E-state index contributed by atoms with van der Waals surface area (Å²) < 4.78 is 35.3. The first-order valence-electron chi connectivity index (χ1n) is 14.8. The minimum absolute atomic E-state index is 0.0708. The van der Waals surface area contributed by atoms with Crippen LogP contribution in [0.5, 0.6) is 0 Å². The minimum atomic E-state index is -2.04. The summed E-state index contributed by atoms with van der Waals surface area (Å²) in [5.41, 5.74) is -3.73. The summed E-state index contributed by atoms with van der Waals surface area (Å²) in [5.74, 6) is -6.33. The Hall–Kier alpha value is -4.15. The van der Waals surface area contributed by atoms with Gasteiger partial charge >= 0.3 is 12.2 Å². The number of nitriles is 1. The Morgan fingerprint density at radius 1 is 0.980 bits per heavy atom. The van der Waals surface area contributed by atoms with Gasteiger partial charge in [0.25, 0.3) is 5.91 Å². The lowest BCUT2D eigenvalue weighted by atomic mass is 9.85. The van der Waals surface area contributed by atoms with E-state index in [-0.39, 0.29) is 37.3 Å². The van der Waals surface area contributed by atoms with Crippen molar-refractivity contribution in [1.29, 1.82) is 5.26 Å². The second-order valence-electron chi connectivity index (χ2n) is 13.4. The summed E-state index contributed by atoms with van der Waals surface area (Å²) in [6.45, 7) is 9.06. The fourth-order valence-corrected chi connectivity index (χ4v) is 6.48. The molecule has 264 valence electrons. The molecule has 0 radical (unpaired) electrons. The number of carbonyl (C=O) groups is 4. The maximum Gasteiger partial charge on any atom is 0.424 e. The number of imide groups is 1. The van der Waals surface area contributed by atoms with Gasteiger partial charge in [0.15, 0.2) is 11.6 Å². The molecule has 3 aromatic rings. The van der Waals surface area contributed by atoms with Crippen molar-refractivity contribution in [3.8, 4) is 6.07 Å². The van der Waals surface area contributed by atoms with Crippen molar-refractivity contribution in [3.63, 3.8) is 0 Å². The molecule has 0 saturated heterocycles. The van der Waals surface area contributed by atoms with Crippen molar-refractivity contribution in [2.75, 3.05) is 15.5 Å². The monoisotopic (exact) mass is 768 g/mol. The molecule has 1 aliphatic rings. The number of ether oxygens (including phenoxy) is 1. The third-order valence-electron chi connectivity index (χ3n) is 7.45. The number of benzene rings is 3. The zero-order valence-corrected chi connectivity index (χ0v) is 30.4. The Balaban J connectivity index is 1.68. The van der Waals surface area contributed by atoms with E-state index in [1.54, 1.807) is 26.8 Å². The molecular weight excluding hydrogens is 740 g/mol. The molecule has 0 heterocycles. The Morgan fingerprint density at radius 3 is 2.18 bits per heavy atom. The first-order chi connectivity index (χ1) is 23.0. The Kier molecular flexibility index (Phi) is 10.7. The van der Waals surface area contributed by atoms with Crippen LogP contribution in [0.4, 0.5) is 35.4 Å². The zero-order valence-electron chi connectivity index (χ0n) is 27.3. The highest BCUT2D eigenvalue weighted by Crippen LogP contribution is 2.65. The number of amides is 4. The number of nitrogens with one attached hydrogen (secondary N) is 2. The molecule has 16 heteroatoms. The SMILES string of the molecule is CC(C)(C)OC(=O)N(C(=O)O)c1c(F)cc(C(C)(C)C)c(NC(=O)c2cc(NC(=O)[C@H]3[C@H](c4cc(Cl)cc(C#N)c4)C3(Cl)Cl)ccc2Cl)c1F. The predicted octanol–water partition coefficient (Wildman–Crippen LogP) is 9.64. The van der Waals surface area contributed by atoms with Crippen LogP contribution in [0.25, 0.3) is 0 Å². The number of hydrogen-bond acceptors (Lipinski definition) is 6. The molecule has 0 spiro atoms. The molecule has 1 saturated carbocycles. The van der Waals surface area contributed by atoms with Gasteiger partial charge in [-0.05, 0) is 79.8 Å². The van der Waals surface area contributed by atoms with Gasteiger partial charge in [0, 0.05) is 16.6 Å². The molecule has 0 aromatic heterocycles. The van der Waals surface area contributed by atoms with E-state index in [1.807, 2.05) is 6.07 Å². The number of rotatable bonds is 6. The molecule has 1 aliphatic carbocycles. The maximum absolute atomic E-state index is 16.3. The topological polar surface area (TPSA) is 149 Å². The van der Waals surface area contributed by atoms with Gasteiger partial charge in [-0.1, -0.05) is 44.0 Å². The van der Waals surface area contributed by atoms with E-state index in [4.69, 9.17) is 51.1 Å². The third kappa shape index (κ3) is 8.08. The van der Waals surface area contributed by atoms with E-state index in [0.717, 1.165) is 6.07 Å². The molecule has 0 bridgehead atoms. The minimum Gasteiger partial charge on any atom is -0.464 e. The van der Waals surface area contributed by atoms with Gasteiger partial charge in [-0.3, -0.25) is 9.59 Å². The van der Waals surface area contributed by atoms with Crippen molar-refractivity contribution in [3.05, 3.63) is 86.4 Å². The van der Waals surface area contributed by atoms with Gasteiger partial charge in [0.2, 0.25) is 5.91 Å². The fourth-order valence-electron chi connectivity index (χ4n) is 5.20. The van der Waals surface area contributed by atoms with Gasteiger partial charge in [0.05, 0.1) is 33.8 Å². The number of carboxylic acid groups (broad SMARTS) is 1. The number of halogens is 6. The van der Waals surface area contributed by atoms with E-state index in [0.29, 0.717) is 5.56 Å². The molecule has 0 unspecified atom stereocenters. The van der Waals surface area contributed by atoms with Crippen LogP contribution in [0.15, 0.2) is 42.5 Å². The van der Waals surface area contributed by atoms with Gasteiger partial charge in [-0.15, -0.1) is 23.2 Å². The number of alkyl halides is 2. The average molecular weight is 770 g/mol. The number of hydrogen-bond donors (Lipinski definition) is 3. The summed E-state index contributed by atoms with van der Waals surface area (Å²) in [6.07, 6.45) is -3.62. The second kappa shape index (κ2) is 13.9. The van der Waals surface area contributed by atoms with E-state index in [1.165, 1.54) is 51.1 Å². The highest BCUT2D eigenvalue weighted by atomic mass is 35.5. The number of carbonyl (C=O) groups excluding carboxylic acids is 3. The smallest absolute Gasteiger partial charge is 0.424 e. The zero-order chi connectivity index (χ0) is 37.7. The lowest BCUT2D eigenvalue weighted by Gasteiger charge is -2.28. The van der Waals surface area contributed by atoms with Crippen molar-refractivity contribution in [1.82, 2.24) is 0 Å². The van der Waals surface area contributed by atoms with Crippen molar-refractivity contribution < 1.29 is 37.8 Å². The lowest BCUT2D eigenvalue weighted by molar-refractivity contribution is -0.117. The highest BCUT2D eigenvalue weighted by molar-refractivity contribution is 6.53. The van der Waals surface area contributed by atoms with E-state index < -0.39 is 74.2 Å². The summed E-state index contributed by atoms with van der Waals surface area (Å²) in [5, 5.41) is 24.1. The van der Waals surface area contributed by atoms with Crippen molar-refractivity contribution in [2.45, 2.75) is 62.8 Å². The molecule has 4 rings (SSSR count). The standard InChI is InChI=1S/C34H30Cl4F2N4O6/c1-32(2,3)20-13-22(39)27(44(30(47)48)31(49)50-33(4,5)6)25(40)26(20)43-28(45)19-12-18(7-8-21(19)36)42-29(46)24-23(34(24,37)38)16-9-15(14-41)10-17(35)11-16/h7-13,23-24H,1-6H3,(H,42,46)(H,43,45)(H,47,48)/t23-,24+/m0/s1. The van der Waals surface area contributed by atoms with E-state index >= 15 is 8.78 Å². The lowest BCUT2D eigenvalue weighted by Crippen LogP contribution is -2.41. The Bertz CT molecular complexity index is 1970. The molecule has 3 aromatic carbocycles. The summed E-state index contributed by atoms with van der Waals surface area (Å²) in [6, 6.07) is 11.1. The first kappa shape index (κ1) is 38.6. The second-order valence-corrected chi connectivity index (χ2v) is 15.7. The van der Waals surface area contributed by atoms with Crippen LogP contribution in [0.2, 0.25) is 10.0 Å². The molecular formula is C34H30Cl4F2N4O6. The van der Waals surface area contributed by atoms with Crippen LogP contribution in [-0.2, 0) is 14.9 Å².